The molecule has 86 valence electrons. The van der Waals surface area contributed by atoms with Gasteiger partial charge in [-0.2, -0.15) is 0 Å². The number of hydrogen-bond acceptors (Lipinski definition) is 4. The molecule has 0 heterocycles. The standard InChI is InChI=1S/C8H16O4.C2H6/c1-7(2,12-5)8(3,10)6(9)11-4;1-2/h10H,1-5H3;1-2H3. The zero-order valence-corrected chi connectivity index (χ0v) is 10.2. The van der Waals surface area contributed by atoms with Crippen molar-refractivity contribution in [3.05, 3.63) is 0 Å². The maximum absolute atomic E-state index is 11.1. The van der Waals surface area contributed by atoms with Crippen LogP contribution in [-0.2, 0) is 14.3 Å². The van der Waals surface area contributed by atoms with Gasteiger partial charge in [0.1, 0.15) is 5.60 Å². The lowest BCUT2D eigenvalue weighted by Gasteiger charge is -2.35. The lowest BCUT2D eigenvalue weighted by atomic mass is 9.87. The molecule has 1 unspecified atom stereocenters. The molecule has 0 aromatic carbocycles. The number of ether oxygens (including phenoxy) is 2. The van der Waals surface area contributed by atoms with E-state index >= 15 is 0 Å². The molecule has 0 saturated carbocycles. The fraction of sp³-hybridized carbons (Fsp3) is 0.900. The van der Waals surface area contributed by atoms with Crippen LogP contribution in [-0.4, -0.2) is 36.5 Å². The second-order valence-corrected chi connectivity index (χ2v) is 3.28. The molecule has 0 aromatic rings. The topological polar surface area (TPSA) is 55.8 Å². The Morgan fingerprint density at radius 3 is 1.71 bits per heavy atom. The number of methoxy groups -OCH3 is 2. The van der Waals surface area contributed by atoms with Crippen molar-refractivity contribution in [1.82, 2.24) is 0 Å². The van der Waals surface area contributed by atoms with Gasteiger partial charge in [0.2, 0.25) is 0 Å². The first-order valence-electron chi connectivity index (χ1n) is 4.65. The Kier molecular flexibility index (Phi) is 6.77. The molecular weight excluding hydrogens is 184 g/mol. The number of hydrogen-bond donors (Lipinski definition) is 1. The number of carbonyl (C=O) groups excluding carboxylic acids is 1. The van der Waals surface area contributed by atoms with Crippen molar-refractivity contribution < 1.29 is 19.4 Å². The monoisotopic (exact) mass is 206 g/mol. The number of rotatable bonds is 3. The van der Waals surface area contributed by atoms with Crippen molar-refractivity contribution in [2.45, 2.75) is 45.8 Å². The molecule has 1 atom stereocenters. The van der Waals surface area contributed by atoms with Gasteiger partial charge in [0, 0.05) is 7.11 Å². The van der Waals surface area contributed by atoms with Crippen LogP contribution in [0.4, 0.5) is 0 Å². The predicted molar refractivity (Wildman–Crippen MR) is 55.1 cm³/mol. The van der Waals surface area contributed by atoms with Gasteiger partial charge >= 0.3 is 5.97 Å². The number of esters is 1. The summed E-state index contributed by atoms with van der Waals surface area (Å²) in [5.74, 6) is -0.700. The predicted octanol–water partition coefficient (Wildman–Crippen LogP) is 1.36. The molecule has 4 heteroatoms. The fourth-order valence-corrected chi connectivity index (χ4v) is 0.643. The van der Waals surface area contributed by atoms with Crippen molar-refractivity contribution in [2.75, 3.05) is 14.2 Å². The fourth-order valence-electron chi connectivity index (χ4n) is 0.643. The second kappa shape index (κ2) is 5.98. The summed E-state index contributed by atoms with van der Waals surface area (Å²) in [5, 5.41) is 9.71. The quantitative estimate of drug-likeness (QED) is 0.708. The molecule has 1 N–H and O–H groups in total. The normalized spacial score (nSPS) is 14.9. The first-order chi connectivity index (χ1) is 6.29. The first-order valence-corrected chi connectivity index (χ1v) is 4.65. The average Bonchev–Trinajstić information content (AvgIpc) is 2.19. The summed E-state index contributed by atoms with van der Waals surface area (Å²) < 4.78 is 9.41. The molecule has 0 rings (SSSR count). The molecule has 0 bridgehead atoms. The van der Waals surface area contributed by atoms with Gasteiger partial charge in [0.25, 0.3) is 0 Å². The van der Waals surface area contributed by atoms with E-state index in [1.54, 1.807) is 13.8 Å². The SMILES string of the molecule is CC.COC(=O)C(C)(O)C(C)(C)OC. The van der Waals surface area contributed by atoms with E-state index in [0.29, 0.717) is 0 Å². The van der Waals surface area contributed by atoms with Gasteiger partial charge in [-0.3, -0.25) is 0 Å². The molecule has 0 aliphatic carbocycles. The van der Waals surface area contributed by atoms with E-state index in [0.717, 1.165) is 0 Å². The van der Waals surface area contributed by atoms with Crippen LogP contribution in [0.25, 0.3) is 0 Å². The molecule has 0 spiro atoms. The summed E-state index contributed by atoms with van der Waals surface area (Å²) in [5.41, 5.74) is -2.59. The minimum Gasteiger partial charge on any atom is -0.467 e. The third-order valence-corrected chi connectivity index (χ3v) is 2.27. The van der Waals surface area contributed by atoms with Gasteiger partial charge in [0.05, 0.1) is 7.11 Å². The summed E-state index contributed by atoms with van der Waals surface area (Å²) in [6, 6.07) is 0. The van der Waals surface area contributed by atoms with Gasteiger partial charge in [0.15, 0.2) is 5.60 Å². The Morgan fingerprint density at radius 1 is 1.14 bits per heavy atom. The maximum atomic E-state index is 11.1. The molecule has 0 amide bonds. The highest BCUT2D eigenvalue weighted by Crippen LogP contribution is 2.25. The third kappa shape index (κ3) is 3.27. The molecule has 14 heavy (non-hydrogen) atoms. The summed E-state index contributed by atoms with van der Waals surface area (Å²) in [6.45, 7) is 8.59. The summed E-state index contributed by atoms with van der Waals surface area (Å²) in [6.07, 6.45) is 0. The van der Waals surface area contributed by atoms with Gasteiger partial charge in [-0.1, -0.05) is 13.8 Å². The van der Waals surface area contributed by atoms with Gasteiger partial charge in [-0.25, -0.2) is 4.79 Å². The van der Waals surface area contributed by atoms with Gasteiger partial charge in [-0.15, -0.1) is 0 Å². The maximum Gasteiger partial charge on any atom is 0.340 e. The van der Waals surface area contributed by atoms with E-state index in [-0.39, 0.29) is 0 Å². The molecule has 0 saturated heterocycles. The molecule has 4 nitrogen and oxygen atoms in total. The zero-order valence-electron chi connectivity index (χ0n) is 10.2. The van der Waals surface area contributed by atoms with Crippen LogP contribution in [0.5, 0.6) is 0 Å². The van der Waals surface area contributed by atoms with Crippen molar-refractivity contribution in [1.29, 1.82) is 0 Å². The minimum atomic E-state index is -1.63. The van der Waals surface area contributed by atoms with E-state index in [1.807, 2.05) is 13.8 Å². The third-order valence-electron chi connectivity index (χ3n) is 2.27. The van der Waals surface area contributed by atoms with Crippen LogP contribution in [0.1, 0.15) is 34.6 Å². The summed E-state index contributed by atoms with van der Waals surface area (Å²) in [4.78, 5) is 11.1. The smallest absolute Gasteiger partial charge is 0.340 e. The van der Waals surface area contributed by atoms with E-state index in [9.17, 15) is 9.90 Å². The highest BCUT2D eigenvalue weighted by Gasteiger charge is 2.47. The molecular formula is C10H22O4. The van der Waals surface area contributed by atoms with E-state index in [4.69, 9.17) is 4.74 Å². The van der Waals surface area contributed by atoms with Crippen LogP contribution >= 0.6 is 0 Å². The Hall–Kier alpha value is -0.610. The molecule has 0 aromatic heterocycles. The first kappa shape index (κ1) is 15.8. The van der Waals surface area contributed by atoms with E-state index < -0.39 is 17.2 Å². The van der Waals surface area contributed by atoms with Crippen LogP contribution in [0.3, 0.4) is 0 Å². The number of aliphatic hydroxyl groups is 1. The minimum absolute atomic E-state index is 0.700. The summed E-state index contributed by atoms with van der Waals surface area (Å²) >= 11 is 0. The van der Waals surface area contributed by atoms with Crippen LogP contribution in [0, 0.1) is 0 Å². The molecule has 0 fully saturated rings. The Morgan fingerprint density at radius 2 is 1.50 bits per heavy atom. The van der Waals surface area contributed by atoms with Crippen molar-refractivity contribution in [3.63, 3.8) is 0 Å². The van der Waals surface area contributed by atoms with Crippen molar-refractivity contribution in [2.24, 2.45) is 0 Å². The van der Waals surface area contributed by atoms with Crippen LogP contribution in [0.2, 0.25) is 0 Å². The highest BCUT2D eigenvalue weighted by atomic mass is 16.6. The number of carbonyl (C=O) groups is 1. The Balaban J connectivity index is 0. The highest BCUT2D eigenvalue weighted by molar-refractivity contribution is 5.80. The van der Waals surface area contributed by atoms with E-state index in [1.165, 1.54) is 21.1 Å². The van der Waals surface area contributed by atoms with Gasteiger partial charge in [-0.05, 0) is 20.8 Å². The molecule has 0 aliphatic rings. The molecule has 0 aliphatic heterocycles. The summed E-state index contributed by atoms with van der Waals surface area (Å²) in [7, 11) is 2.65. The van der Waals surface area contributed by atoms with Gasteiger partial charge < -0.3 is 14.6 Å². The lowest BCUT2D eigenvalue weighted by Crippen LogP contribution is -2.55. The van der Waals surface area contributed by atoms with Crippen LogP contribution in [0.15, 0.2) is 0 Å². The van der Waals surface area contributed by atoms with E-state index in [2.05, 4.69) is 4.74 Å². The zero-order chi connectivity index (χ0) is 12.0. The second-order valence-electron chi connectivity index (χ2n) is 3.28. The lowest BCUT2D eigenvalue weighted by molar-refractivity contribution is -0.190. The largest absolute Gasteiger partial charge is 0.467 e. The van der Waals surface area contributed by atoms with Crippen molar-refractivity contribution >= 4 is 5.97 Å². The molecule has 0 radical (unpaired) electrons. The Bertz CT molecular complexity index is 173. The average molecular weight is 206 g/mol. The Labute approximate surface area is 86.2 Å². The van der Waals surface area contributed by atoms with Crippen molar-refractivity contribution in [3.8, 4) is 0 Å². The van der Waals surface area contributed by atoms with Crippen LogP contribution < -0.4 is 0 Å².